The number of aryl methyl sites for hydroxylation is 2. The molecule has 0 saturated heterocycles. The highest BCUT2D eigenvalue weighted by atomic mass is 79.9. The summed E-state index contributed by atoms with van der Waals surface area (Å²) in [5.74, 6) is -0.228. The molecule has 166 valence electrons. The lowest BCUT2D eigenvalue weighted by atomic mass is 10.1. The first-order valence-electron chi connectivity index (χ1n) is 10.5. The van der Waals surface area contributed by atoms with Crippen LogP contribution in [0.3, 0.4) is 0 Å². The lowest BCUT2D eigenvalue weighted by Crippen LogP contribution is -2.42. The Morgan fingerprint density at radius 1 is 0.969 bits per heavy atom. The molecule has 0 unspecified atom stereocenters. The molecule has 0 aliphatic carbocycles. The maximum absolute atomic E-state index is 13.5. The van der Waals surface area contributed by atoms with Crippen LogP contribution in [0.2, 0.25) is 0 Å². The van der Waals surface area contributed by atoms with Gasteiger partial charge in [-0.3, -0.25) is 4.79 Å². The molecule has 0 fully saturated rings. The fourth-order valence-electron chi connectivity index (χ4n) is 3.85. The van der Waals surface area contributed by atoms with E-state index in [1.165, 1.54) is 4.31 Å². The number of nitrogens with zero attached hydrogens (tertiary/aromatic N) is 2. The van der Waals surface area contributed by atoms with Gasteiger partial charge in [0.2, 0.25) is 15.9 Å². The summed E-state index contributed by atoms with van der Waals surface area (Å²) in [5, 5.41) is 0. The average molecular weight is 513 g/mol. The van der Waals surface area contributed by atoms with Crippen LogP contribution < -0.4 is 4.90 Å². The maximum Gasteiger partial charge on any atom is 0.243 e. The molecule has 1 aliphatic heterocycles. The highest BCUT2D eigenvalue weighted by molar-refractivity contribution is 9.10. The zero-order chi connectivity index (χ0) is 22.9. The number of halogens is 1. The van der Waals surface area contributed by atoms with Gasteiger partial charge in [-0.1, -0.05) is 63.5 Å². The smallest absolute Gasteiger partial charge is 0.243 e. The van der Waals surface area contributed by atoms with Gasteiger partial charge >= 0.3 is 0 Å². The van der Waals surface area contributed by atoms with Crippen molar-refractivity contribution in [1.82, 2.24) is 4.31 Å². The van der Waals surface area contributed by atoms with Gasteiger partial charge in [-0.25, -0.2) is 8.42 Å². The number of benzene rings is 3. The molecule has 0 radical (unpaired) electrons. The van der Waals surface area contributed by atoms with Gasteiger partial charge in [0, 0.05) is 23.2 Å². The van der Waals surface area contributed by atoms with Crippen LogP contribution in [0.5, 0.6) is 0 Å². The molecule has 5 nitrogen and oxygen atoms in total. The molecule has 0 spiro atoms. The Morgan fingerprint density at radius 2 is 1.59 bits per heavy atom. The summed E-state index contributed by atoms with van der Waals surface area (Å²) in [5.41, 5.74) is 4.84. The van der Waals surface area contributed by atoms with E-state index in [9.17, 15) is 13.2 Å². The first kappa shape index (κ1) is 22.7. The molecule has 0 aromatic heterocycles. The largest absolute Gasteiger partial charge is 0.311 e. The average Bonchev–Trinajstić information content (AvgIpc) is 3.18. The zero-order valence-corrected chi connectivity index (χ0v) is 20.5. The Kier molecular flexibility index (Phi) is 6.51. The van der Waals surface area contributed by atoms with E-state index in [1.807, 2.05) is 56.3 Å². The van der Waals surface area contributed by atoms with Crippen molar-refractivity contribution in [3.05, 3.63) is 93.5 Å². The van der Waals surface area contributed by atoms with E-state index in [4.69, 9.17) is 0 Å². The molecule has 1 aliphatic rings. The number of anilines is 1. The molecule has 32 heavy (non-hydrogen) atoms. The van der Waals surface area contributed by atoms with E-state index < -0.39 is 10.0 Å². The topological polar surface area (TPSA) is 57.7 Å². The molecule has 7 heteroatoms. The third kappa shape index (κ3) is 4.80. The number of hydrogen-bond acceptors (Lipinski definition) is 3. The summed E-state index contributed by atoms with van der Waals surface area (Å²) >= 11 is 3.47. The van der Waals surface area contributed by atoms with Crippen LogP contribution in [0.4, 0.5) is 5.69 Å². The molecule has 3 aromatic rings. The first-order valence-corrected chi connectivity index (χ1v) is 12.7. The fourth-order valence-corrected chi connectivity index (χ4v) is 5.63. The summed E-state index contributed by atoms with van der Waals surface area (Å²) in [6.07, 6.45) is 0.753. The molecular weight excluding hydrogens is 488 g/mol. The number of fused-ring (bicyclic) bond motifs is 1. The molecule has 0 atom stereocenters. The number of carbonyl (C=O) groups is 1. The molecule has 1 heterocycles. The summed E-state index contributed by atoms with van der Waals surface area (Å²) in [4.78, 5) is 15.2. The second-order valence-corrected chi connectivity index (χ2v) is 11.0. The molecule has 0 saturated carbocycles. The number of rotatable bonds is 6. The van der Waals surface area contributed by atoms with Crippen molar-refractivity contribution >= 4 is 37.5 Å². The summed E-state index contributed by atoms with van der Waals surface area (Å²) in [7, 11) is -3.86. The Balaban J connectivity index is 1.64. The van der Waals surface area contributed by atoms with Crippen molar-refractivity contribution in [2.75, 3.05) is 18.0 Å². The van der Waals surface area contributed by atoms with Gasteiger partial charge in [0.05, 0.1) is 11.4 Å². The minimum absolute atomic E-state index is 0.128. The predicted octanol–water partition coefficient (Wildman–Crippen LogP) is 4.85. The second-order valence-electron chi connectivity index (χ2n) is 8.14. The van der Waals surface area contributed by atoms with Gasteiger partial charge in [0.25, 0.3) is 0 Å². The van der Waals surface area contributed by atoms with Gasteiger partial charge in [-0.15, -0.1) is 0 Å². The minimum atomic E-state index is -3.86. The van der Waals surface area contributed by atoms with Gasteiger partial charge < -0.3 is 4.90 Å². The molecule has 4 rings (SSSR count). The molecule has 0 N–H and O–H groups in total. The number of carbonyl (C=O) groups excluding carboxylic acids is 1. The second kappa shape index (κ2) is 9.17. The molecule has 0 bridgehead atoms. The van der Waals surface area contributed by atoms with Crippen molar-refractivity contribution in [3.63, 3.8) is 0 Å². The maximum atomic E-state index is 13.5. The van der Waals surface area contributed by atoms with Crippen molar-refractivity contribution in [2.45, 2.75) is 31.7 Å². The summed E-state index contributed by atoms with van der Waals surface area (Å²) in [6, 6.07) is 20.3. The monoisotopic (exact) mass is 512 g/mol. The lowest BCUT2D eigenvalue weighted by Gasteiger charge is -2.25. The van der Waals surface area contributed by atoms with Crippen LogP contribution in [0, 0.1) is 13.8 Å². The van der Waals surface area contributed by atoms with Gasteiger partial charge in [0.1, 0.15) is 0 Å². The SMILES string of the molecule is Cc1ccc(CN(CC(=O)N2CCc3cc(Br)ccc32)S(=O)(=O)c2ccc(C)cc2)cc1. The summed E-state index contributed by atoms with van der Waals surface area (Å²) < 4.78 is 29.3. The van der Waals surface area contributed by atoms with E-state index in [0.29, 0.717) is 6.54 Å². The first-order chi connectivity index (χ1) is 15.2. The van der Waals surface area contributed by atoms with E-state index in [-0.39, 0.29) is 23.9 Å². The Labute approximate surface area is 197 Å². The van der Waals surface area contributed by atoms with Crippen molar-refractivity contribution < 1.29 is 13.2 Å². The van der Waals surface area contributed by atoms with E-state index in [2.05, 4.69) is 15.9 Å². The van der Waals surface area contributed by atoms with Crippen molar-refractivity contribution in [1.29, 1.82) is 0 Å². The van der Waals surface area contributed by atoms with Crippen LogP contribution in [0.25, 0.3) is 0 Å². The van der Waals surface area contributed by atoms with Crippen molar-refractivity contribution in [3.8, 4) is 0 Å². The zero-order valence-electron chi connectivity index (χ0n) is 18.1. The van der Waals surface area contributed by atoms with Crippen LogP contribution in [0.15, 0.2) is 76.1 Å². The standard InChI is InChI=1S/C25H25BrN2O3S/c1-18-3-7-20(8-4-18)16-27(32(30,31)23-10-5-19(2)6-11-23)17-25(29)28-14-13-21-15-22(26)9-12-24(21)28/h3-12,15H,13-14,16-17H2,1-2H3. The van der Waals surface area contributed by atoms with Crippen LogP contribution in [-0.4, -0.2) is 31.7 Å². The normalized spacial score (nSPS) is 13.4. The Morgan fingerprint density at radius 3 is 2.25 bits per heavy atom. The van der Waals surface area contributed by atoms with Crippen LogP contribution in [0.1, 0.15) is 22.3 Å². The summed E-state index contributed by atoms with van der Waals surface area (Å²) in [6.45, 7) is 4.35. The molecular formula is C25H25BrN2O3S. The predicted molar refractivity (Wildman–Crippen MR) is 130 cm³/mol. The number of sulfonamides is 1. The minimum Gasteiger partial charge on any atom is -0.311 e. The third-order valence-corrected chi connectivity index (χ3v) is 7.99. The van der Waals surface area contributed by atoms with Gasteiger partial charge in [-0.05, 0) is 61.7 Å². The number of amides is 1. The fraction of sp³-hybridized carbons (Fsp3) is 0.240. The quantitative estimate of drug-likeness (QED) is 0.474. The third-order valence-electron chi connectivity index (χ3n) is 5.69. The van der Waals surface area contributed by atoms with E-state index in [1.54, 1.807) is 29.2 Å². The molecule has 3 aromatic carbocycles. The lowest BCUT2D eigenvalue weighted by molar-refractivity contribution is -0.118. The highest BCUT2D eigenvalue weighted by Gasteiger charge is 2.31. The van der Waals surface area contributed by atoms with E-state index >= 15 is 0 Å². The Hall–Kier alpha value is -2.48. The molecule has 1 amide bonds. The van der Waals surface area contributed by atoms with E-state index in [0.717, 1.165) is 38.8 Å². The van der Waals surface area contributed by atoms with Gasteiger partial charge in [0.15, 0.2) is 0 Å². The van der Waals surface area contributed by atoms with Crippen molar-refractivity contribution in [2.24, 2.45) is 0 Å². The number of hydrogen-bond donors (Lipinski definition) is 0. The van der Waals surface area contributed by atoms with Crippen LogP contribution >= 0.6 is 15.9 Å². The Bertz CT molecular complexity index is 1240. The van der Waals surface area contributed by atoms with Gasteiger partial charge in [-0.2, -0.15) is 4.31 Å². The van der Waals surface area contributed by atoms with Crippen LogP contribution in [-0.2, 0) is 27.8 Å². The highest BCUT2D eigenvalue weighted by Crippen LogP contribution is 2.31.